The quantitative estimate of drug-likeness (QED) is 0.579. The first-order chi connectivity index (χ1) is 14.9. The molecule has 0 bridgehead atoms. The Kier molecular flexibility index (Phi) is 5.72. The molecule has 4 heteroatoms. The fraction of sp³-hybridized carbons (Fsp3) is 0.185. The molecular formula is C27H26N2O2. The van der Waals surface area contributed by atoms with E-state index in [-0.39, 0.29) is 11.8 Å². The molecule has 0 radical (unpaired) electrons. The molecule has 2 amide bonds. The van der Waals surface area contributed by atoms with Crippen molar-refractivity contribution in [1.29, 1.82) is 0 Å². The van der Waals surface area contributed by atoms with E-state index in [4.69, 9.17) is 0 Å². The Hall–Kier alpha value is -3.66. The molecular weight excluding hydrogens is 384 g/mol. The smallest absolute Gasteiger partial charge is 0.278 e. The summed E-state index contributed by atoms with van der Waals surface area (Å²) < 4.78 is 0. The van der Waals surface area contributed by atoms with Crippen molar-refractivity contribution in [3.8, 4) is 0 Å². The van der Waals surface area contributed by atoms with E-state index in [1.54, 1.807) is 0 Å². The highest BCUT2D eigenvalue weighted by atomic mass is 16.2. The molecule has 0 aromatic heterocycles. The summed E-state index contributed by atoms with van der Waals surface area (Å²) in [6, 6.07) is 23.6. The van der Waals surface area contributed by atoms with Crippen molar-refractivity contribution in [2.75, 3.05) is 11.9 Å². The van der Waals surface area contributed by atoms with Gasteiger partial charge in [-0.25, -0.2) is 0 Å². The number of imide groups is 1. The van der Waals surface area contributed by atoms with Gasteiger partial charge in [0.05, 0.1) is 5.57 Å². The zero-order valence-electron chi connectivity index (χ0n) is 18.1. The molecule has 1 aliphatic heterocycles. The Morgan fingerprint density at radius 1 is 0.774 bits per heavy atom. The van der Waals surface area contributed by atoms with Gasteiger partial charge in [-0.05, 0) is 67.1 Å². The molecule has 0 saturated heterocycles. The molecule has 1 heterocycles. The molecule has 4 rings (SSSR count). The highest BCUT2D eigenvalue weighted by molar-refractivity contribution is 6.36. The van der Waals surface area contributed by atoms with Gasteiger partial charge in [0.15, 0.2) is 0 Å². The zero-order valence-corrected chi connectivity index (χ0v) is 18.1. The Labute approximate surface area is 183 Å². The van der Waals surface area contributed by atoms with Crippen molar-refractivity contribution < 1.29 is 9.59 Å². The zero-order chi connectivity index (χ0) is 22.0. The van der Waals surface area contributed by atoms with Crippen LogP contribution < -0.4 is 5.32 Å². The molecule has 31 heavy (non-hydrogen) atoms. The van der Waals surface area contributed by atoms with Gasteiger partial charge in [0.1, 0.15) is 5.70 Å². The standard InChI is InChI=1S/C27H26N2O2/c1-18-8-7-11-23(16-18)28-25-24(22-13-12-19(2)20(3)17-22)26(30)29(27(25)31)15-14-21-9-5-4-6-10-21/h4-13,16-17,28H,14-15H2,1-3H3. The molecule has 3 aromatic carbocycles. The average Bonchev–Trinajstić information content (AvgIpc) is 2.99. The van der Waals surface area contributed by atoms with Crippen LogP contribution in [0.25, 0.3) is 5.57 Å². The van der Waals surface area contributed by atoms with E-state index in [1.165, 1.54) is 4.90 Å². The summed E-state index contributed by atoms with van der Waals surface area (Å²) in [5, 5.41) is 3.24. The number of hydrogen-bond donors (Lipinski definition) is 1. The van der Waals surface area contributed by atoms with Crippen LogP contribution in [0.5, 0.6) is 0 Å². The predicted octanol–water partition coefficient (Wildman–Crippen LogP) is 5.05. The van der Waals surface area contributed by atoms with Crippen LogP contribution in [0, 0.1) is 20.8 Å². The third kappa shape index (κ3) is 4.29. The maximum atomic E-state index is 13.4. The average molecular weight is 411 g/mol. The Morgan fingerprint density at radius 3 is 2.26 bits per heavy atom. The SMILES string of the molecule is Cc1cccc(NC2=C(c3ccc(C)c(C)c3)C(=O)N(CCc3ccccc3)C2=O)c1. The summed E-state index contributed by atoms with van der Waals surface area (Å²) in [6.07, 6.45) is 0.621. The number of nitrogens with zero attached hydrogens (tertiary/aromatic N) is 1. The molecule has 0 unspecified atom stereocenters. The van der Waals surface area contributed by atoms with E-state index >= 15 is 0 Å². The van der Waals surface area contributed by atoms with Crippen LogP contribution in [-0.2, 0) is 16.0 Å². The van der Waals surface area contributed by atoms with Crippen molar-refractivity contribution in [3.05, 3.63) is 106 Å². The van der Waals surface area contributed by atoms with Crippen molar-refractivity contribution in [1.82, 2.24) is 4.90 Å². The lowest BCUT2D eigenvalue weighted by Gasteiger charge is -2.15. The minimum atomic E-state index is -0.282. The van der Waals surface area contributed by atoms with Crippen LogP contribution in [0.2, 0.25) is 0 Å². The maximum Gasteiger partial charge on any atom is 0.278 e. The van der Waals surface area contributed by atoms with Gasteiger partial charge in [0, 0.05) is 12.2 Å². The number of hydrogen-bond acceptors (Lipinski definition) is 3. The fourth-order valence-electron chi connectivity index (χ4n) is 3.81. The van der Waals surface area contributed by atoms with Gasteiger partial charge in [-0.1, -0.05) is 60.7 Å². The minimum absolute atomic E-state index is 0.251. The number of aryl methyl sites for hydroxylation is 3. The van der Waals surface area contributed by atoms with Gasteiger partial charge in [-0.15, -0.1) is 0 Å². The highest BCUT2D eigenvalue weighted by Gasteiger charge is 2.39. The number of amides is 2. The molecule has 156 valence electrons. The van der Waals surface area contributed by atoms with E-state index in [0.717, 1.165) is 33.5 Å². The second kappa shape index (κ2) is 8.60. The maximum absolute atomic E-state index is 13.4. The Morgan fingerprint density at radius 2 is 1.55 bits per heavy atom. The van der Waals surface area contributed by atoms with E-state index < -0.39 is 0 Å². The largest absolute Gasteiger partial charge is 0.350 e. The van der Waals surface area contributed by atoms with Crippen molar-refractivity contribution in [2.45, 2.75) is 27.2 Å². The molecule has 0 fully saturated rings. The van der Waals surface area contributed by atoms with Gasteiger partial charge in [0.2, 0.25) is 0 Å². The third-order valence-corrected chi connectivity index (χ3v) is 5.72. The second-order valence-corrected chi connectivity index (χ2v) is 8.04. The van der Waals surface area contributed by atoms with Crippen LogP contribution in [-0.4, -0.2) is 23.3 Å². The molecule has 1 aliphatic rings. The van der Waals surface area contributed by atoms with Crippen LogP contribution >= 0.6 is 0 Å². The lowest BCUT2D eigenvalue weighted by Crippen LogP contribution is -2.34. The van der Waals surface area contributed by atoms with Crippen molar-refractivity contribution in [2.24, 2.45) is 0 Å². The van der Waals surface area contributed by atoms with Crippen molar-refractivity contribution >= 4 is 23.1 Å². The monoisotopic (exact) mass is 410 g/mol. The molecule has 1 N–H and O–H groups in total. The first-order valence-electron chi connectivity index (χ1n) is 10.5. The van der Waals surface area contributed by atoms with Gasteiger partial charge in [-0.2, -0.15) is 0 Å². The Bertz CT molecular complexity index is 1180. The number of carbonyl (C=O) groups excluding carboxylic acids is 2. The third-order valence-electron chi connectivity index (χ3n) is 5.72. The number of carbonyl (C=O) groups is 2. The summed E-state index contributed by atoms with van der Waals surface area (Å²) >= 11 is 0. The second-order valence-electron chi connectivity index (χ2n) is 8.04. The van der Waals surface area contributed by atoms with E-state index in [9.17, 15) is 9.59 Å². The summed E-state index contributed by atoms with van der Waals surface area (Å²) in [7, 11) is 0. The topological polar surface area (TPSA) is 49.4 Å². The van der Waals surface area contributed by atoms with Crippen LogP contribution in [0.15, 0.2) is 78.5 Å². The van der Waals surface area contributed by atoms with Crippen LogP contribution in [0.4, 0.5) is 5.69 Å². The lowest BCUT2D eigenvalue weighted by molar-refractivity contribution is -0.136. The number of benzene rings is 3. The molecule has 4 nitrogen and oxygen atoms in total. The van der Waals surface area contributed by atoms with E-state index in [0.29, 0.717) is 24.2 Å². The number of anilines is 1. The normalized spacial score (nSPS) is 13.8. The first kappa shape index (κ1) is 20.6. The first-order valence-corrected chi connectivity index (χ1v) is 10.5. The summed E-state index contributed by atoms with van der Waals surface area (Å²) in [5.74, 6) is -0.532. The van der Waals surface area contributed by atoms with Crippen molar-refractivity contribution in [3.63, 3.8) is 0 Å². The summed E-state index contributed by atoms with van der Waals surface area (Å²) in [6.45, 7) is 6.39. The summed E-state index contributed by atoms with van der Waals surface area (Å²) in [5.41, 5.74) is 6.74. The van der Waals surface area contributed by atoms with E-state index in [2.05, 4.69) is 5.32 Å². The molecule has 0 aliphatic carbocycles. The molecule has 0 saturated carbocycles. The number of nitrogens with one attached hydrogen (secondary N) is 1. The summed E-state index contributed by atoms with van der Waals surface area (Å²) in [4.78, 5) is 28.1. The van der Waals surface area contributed by atoms with Crippen LogP contribution in [0.3, 0.4) is 0 Å². The predicted molar refractivity (Wildman–Crippen MR) is 125 cm³/mol. The molecule has 0 spiro atoms. The minimum Gasteiger partial charge on any atom is -0.350 e. The molecule has 3 aromatic rings. The fourth-order valence-corrected chi connectivity index (χ4v) is 3.81. The van der Waals surface area contributed by atoms with Crippen LogP contribution in [0.1, 0.15) is 27.8 Å². The Balaban J connectivity index is 1.70. The van der Waals surface area contributed by atoms with Gasteiger partial charge in [0.25, 0.3) is 11.8 Å². The number of rotatable bonds is 6. The highest BCUT2D eigenvalue weighted by Crippen LogP contribution is 2.31. The van der Waals surface area contributed by atoms with Gasteiger partial charge in [-0.3, -0.25) is 14.5 Å². The van der Waals surface area contributed by atoms with E-state index in [1.807, 2.05) is 93.6 Å². The van der Waals surface area contributed by atoms with Gasteiger partial charge < -0.3 is 5.32 Å². The molecule has 0 atom stereocenters. The lowest BCUT2D eigenvalue weighted by atomic mass is 9.99. The van der Waals surface area contributed by atoms with Gasteiger partial charge >= 0.3 is 0 Å².